The van der Waals surface area contributed by atoms with Crippen molar-refractivity contribution in [2.45, 2.75) is 4.90 Å². The Bertz CT molecular complexity index is 950. The highest BCUT2D eigenvalue weighted by Gasteiger charge is 2.10. The molecule has 2 amide bonds. The Balaban J connectivity index is 1.69. The summed E-state index contributed by atoms with van der Waals surface area (Å²) < 4.78 is 16.4. The molecule has 1 heterocycles. The van der Waals surface area contributed by atoms with Crippen LogP contribution in [-0.4, -0.2) is 22.3 Å². The molecule has 26 heavy (non-hydrogen) atoms. The molecule has 0 aliphatic heterocycles. The zero-order valence-corrected chi connectivity index (χ0v) is 14.7. The summed E-state index contributed by atoms with van der Waals surface area (Å²) in [5.41, 5.74) is 1.51. The van der Waals surface area contributed by atoms with E-state index in [1.165, 1.54) is 6.26 Å². The van der Waals surface area contributed by atoms with Crippen LogP contribution in [0, 0.1) is 0 Å². The number of furan rings is 1. The van der Waals surface area contributed by atoms with Gasteiger partial charge in [0, 0.05) is 38.9 Å². The van der Waals surface area contributed by atoms with Gasteiger partial charge in [-0.3, -0.25) is 13.8 Å². The molecule has 0 bridgehead atoms. The molecule has 0 aliphatic carbocycles. The van der Waals surface area contributed by atoms with Crippen molar-refractivity contribution in [2.75, 3.05) is 16.9 Å². The van der Waals surface area contributed by atoms with E-state index in [9.17, 15) is 13.8 Å². The van der Waals surface area contributed by atoms with E-state index in [2.05, 4.69) is 10.6 Å². The van der Waals surface area contributed by atoms with E-state index in [1.807, 2.05) is 0 Å². The smallest absolute Gasteiger partial charge is 0.291 e. The number of nitrogens with one attached hydrogen (secondary N) is 2. The Hall–Kier alpha value is -3.19. The number of amides is 2. The summed E-state index contributed by atoms with van der Waals surface area (Å²) in [7, 11) is -1.09. The van der Waals surface area contributed by atoms with E-state index >= 15 is 0 Å². The second-order valence-corrected chi connectivity index (χ2v) is 6.82. The van der Waals surface area contributed by atoms with Crippen molar-refractivity contribution in [3.8, 4) is 0 Å². The molecule has 0 radical (unpaired) electrons. The highest BCUT2D eigenvalue weighted by atomic mass is 32.2. The van der Waals surface area contributed by atoms with Crippen LogP contribution in [0.2, 0.25) is 0 Å². The number of hydrogen-bond donors (Lipinski definition) is 2. The van der Waals surface area contributed by atoms with Gasteiger partial charge in [0.05, 0.1) is 6.26 Å². The normalized spacial score (nSPS) is 11.6. The maximum Gasteiger partial charge on any atom is 0.291 e. The van der Waals surface area contributed by atoms with Crippen LogP contribution in [0.4, 0.5) is 11.4 Å². The highest BCUT2D eigenvalue weighted by Crippen LogP contribution is 2.17. The lowest BCUT2D eigenvalue weighted by Gasteiger charge is -2.08. The SMILES string of the molecule is CS(=O)c1ccc(C(=O)Nc2cccc(NC(=O)c3ccco3)c2)cc1. The van der Waals surface area contributed by atoms with Gasteiger partial charge in [-0.05, 0) is 54.6 Å². The summed E-state index contributed by atoms with van der Waals surface area (Å²) in [6.45, 7) is 0. The van der Waals surface area contributed by atoms with E-state index < -0.39 is 10.8 Å². The molecule has 1 aromatic heterocycles. The Morgan fingerprint density at radius 1 is 0.885 bits per heavy atom. The van der Waals surface area contributed by atoms with Gasteiger partial charge < -0.3 is 15.1 Å². The third kappa shape index (κ3) is 4.25. The first kappa shape index (κ1) is 17.6. The molecule has 0 fully saturated rings. The van der Waals surface area contributed by atoms with Crippen molar-refractivity contribution in [1.29, 1.82) is 0 Å². The van der Waals surface area contributed by atoms with E-state index in [0.717, 1.165) is 0 Å². The predicted octanol–water partition coefficient (Wildman–Crippen LogP) is 3.52. The molecule has 0 spiro atoms. The quantitative estimate of drug-likeness (QED) is 0.721. The van der Waals surface area contributed by atoms with E-state index in [0.29, 0.717) is 21.8 Å². The summed E-state index contributed by atoms with van der Waals surface area (Å²) in [5, 5.41) is 5.47. The zero-order valence-electron chi connectivity index (χ0n) is 13.9. The van der Waals surface area contributed by atoms with Crippen LogP contribution < -0.4 is 10.6 Å². The van der Waals surface area contributed by atoms with Crippen LogP contribution in [0.3, 0.4) is 0 Å². The maximum absolute atomic E-state index is 12.3. The molecule has 0 saturated carbocycles. The lowest BCUT2D eigenvalue weighted by Crippen LogP contribution is -2.13. The zero-order chi connectivity index (χ0) is 18.5. The van der Waals surface area contributed by atoms with Crippen molar-refractivity contribution in [3.63, 3.8) is 0 Å². The highest BCUT2D eigenvalue weighted by molar-refractivity contribution is 7.84. The summed E-state index contributed by atoms with van der Waals surface area (Å²) in [5.74, 6) is -0.470. The minimum Gasteiger partial charge on any atom is -0.459 e. The molecule has 0 aliphatic rings. The van der Waals surface area contributed by atoms with Gasteiger partial charge in [0.1, 0.15) is 0 Å². The molecule has 2 aromatic carbocycles. The van der Waals surface area contributed by atoms with E-state index in [1.54, 1.807) is 66.9 Å². The Kier molecular flexibility index (Phi) is 5.28. The van der Waals surface area contributed by atoms with Crippen molar-refractivity contribution in [2.24, 2.45) is 0 Å². The fraction of sp³-hybridized carbons (Fsp3) is 0.0526. The Morgan fingerprint density at radius 3 is 2.12 bits per heavy atom. The number of rotatable bonds is 5. The van der Waals surface area contributed by atoms with Gasteiger partial charge in [0.2, 0.25) is 0 Å². The summed E-state index contributed by atoms with van der Waals surface area (Å²) in [6.07, 6.45) is 3.00. The van der Waals surface area contributed by atoms with E-state index in [-0.39, 0.29) is 17.6 Å². The maximum atomic E-state index is 12.3. The van der Waals surface area contributed by atoms with Crippen LogP contribution in [0.1, 0.15) is 20.9 Å². The average molecular weight is 368 g/mol. The van der Waals surface area contributed by atoms with Gasteiger partial charge >= 0.3 is 0 Å². The molecular formula is C19H16N2O4S. The van der Waals surface area contributed by atoms with Crippen molar-refractivity contribution in [3.05, 3.63) is 78.3 Å². The van der Waals surface area contributed by atoms with Gasteiger partial charge in [0.25, 0.3) is 11.8 Å². The minimum atomic E-state index is -1.09. The summed E-state index contributed by atoms with van der Waals surface area (Å²) >= 11 is 0. The van der Waals surface area contributed by atoms with Crippen LogP contribution in [-0.2, 0) is 10.8 Å². The molecule has 1 atom stereocenters. The second-order valence-electron chi connectivity index (χ2n) is 5.44. The molecular weight excluding hydrogens is 352 g/mol. The number of benzene rings is 2. The average Bonchev–Trinajstić information content (AvgIpc) is 3.17. The first-order valence-electron chi connectivity index (χ1n) is 7.73. The molecule has 3 aromatic rings. The molecule has 1 unspecified atom stereocenters. The van der Waals surface area contributed by atoms with Gasteiger partial charge in [-0.15, -0.1) is 0 Å². The Labute approximate surface area is 152 Å². The fourth-order valence-electron chi connectivity index (χ4n) is 2.28. The molecule has 6 nitrogen and oxygen atoms in total. The number of anilines is 2. The largest absolute Gasteiger partial charge is 0.459 e. The summed E-state index contributed by atoms with van der Waals surface area (Å²) in [6, 6.07) is 16.5. The van der Waals surface area contributed by atoms with Gasteiger partial charge in [0.15, 0.2) is 5.76 Å². The molecule has 132 valence electrons. The minimum absolute atomic E-state index is 0.202. The van der Waals surface area contributed by atoms with Gasteiger partial charge in [-0.2, -0.15) is 0 Å². The fourth-order valence-corrected chi connectivity index (χ4v) is 2.80. The van der Waals surface area contributed by atoms with Crippen LogP contribution in [0.15, 0.2) is 76.2 Å². The first-order chi connectivity index (χ1) is 12.5. The van der Waals surface area contributed by atoms with Crippen LogP contribution >= 0.6 is 0 Å². The second kappa shape index (κ2) is 7.79. The van der Waals surface area contributed by atoms with E-state index in [4.69, 9.17) is 4.42 Å². The van der Waals surface area contributed by atoms with Gasteiger partial charge in [-0.25, -0.2) is 0 Å². The molecule has 3 rings (SSSR count). The van der Waals surface area contributed by atoms with Gasteiger partial charge in [-0.1, -0.05) is 6.07 Å². The third-order valence-corrected chi connectivity index (χ3v) is 4.51. The third-order valence-electron chi connectivity index (χ3n) is 3.57. The van der Waals surface area contributed by atoms with Crippen LogP contribution in [0.5, 0.6) is 0 Å². The van der Waals surface area contributed by atoms with Crippen LogP contribution in [0.25, 0.3) is 0 Å². The predicted molar refractivity (Wildman–Crippen MR) is 99.8 cm³/mol. The van der Waals surface area contributed by atoms with Crippen molar-refractivity contribution in [1.82, 2.24) is 0 Å². The molecule has 0 saturated heterocycles. The summed E-state index contributed by atoms with van der Waals surface area (Å²) in [4.78, 5) is 25.0. The number of carbonyl (C=O) groups excluding carboxylic acids is 2. The lowest BCUT2D eigenvalue weighted by atomic mass is 10.2. The van der Waals surface area contributed by atoms with Crippen molar-refractivity contribution < 1.29 is 18.2 Å². The standard InChI is InChI=1S/C19H16N2O4S/c1-26(24)16-9-7-13(8-10-16)18(22)20-14-4-2-5-15(12-14)21-19(23)17-6-3-11-25-17/h2-12H,1H3,(H,20,22)(H,21,23). The number of carbonyl (C=O) groups is 2. The monoisotopic (exact) mass is 368 g/mol. The topological polar surface area (TPSA) is 88.4 Å². The number of hydrogen-bond acceptors (Lipinski definition) is 4. The van der Waals surface area contributed by atoms with Crippen molar-refractivity contribution >= 4 is 34.0 Å². The Morgan fingerprint density at radius 2 is 1.54 bits per heavy atom. The first-order valence-corrected chi connectivity index (χ1v) is 9.28. The lowest BCUT2D eigenvalue weighted by molar-refractivity contribution is 0.0995. The molecule has 7 heteroatoms. The molecule has 2 N–H and O–H groups in total.